The van der Waals surface area contributed by atoms with Crippen LogP contribution >= 0.6 is 0 Å². The SMILES string of the molecule is CCC1CCC(C2CCC(C3=CCC(OC(F)(F)C(F)(F)C(F)(F)CF)C=C3)CC2)CC1. The topological polar surface area (TPSA) is 9.23 Å². The minimum Gasteiger partial charge on any atom is -0.308 e. The monoisotopic (exact) mass is 470 g/mol. The highest BCUT2D eigenvalue weighted by molar-refractivity contribution is 5.27. The molecule has 3 aliphatic carbocycles. The lowest BCUT2D eigenvalue weighted by Crippen LogP contribution is -2.57. The lowest BCUT2D eigenvalue weighted by molar-refractivity contribution is -0.405. The number of allylic oxidation sites excluding steroid dienone is 2. The first-order chi connectivity index (χ1) is 15.0. The molecule has 0 aromatic heterocycles. The van der Waals surface area contributed by atoms with Crippen LogP contribution in [0.25, 0.3) is 0 Å². The van der Waals surface area contributed by atoms with Gasteiger partial charge in [-0.2, -0.15) is 26.3 Å². The zero-order chi connectivity index (χ0) is 23.6. The van der Waals surface area contributed by atoms with Crippen LogP contribution in [0.15, 0.2) is 23.8 Å². The van der Waals surface area contributed by atoms with E-state index >= 15 is 0 Å². The predicted octanol–water partition coefficient (Wildman–Crippen LogP) is 8.11. The summed E-state index contributed by atoms with van der Waals surface area (Å²) >= 11 is 0. The molecule has 0 radical (unpaired) electrons. The van der Waals surface area contributed by atoms with Gasteiger partial charge in [-0.1, -0.05) is 44.4 Å². The minimum absolute atomic E-state index is 0.111. The molecule has 1 nitrogen and oxygen atoms in total. The van der Waals surface area contributed by atoms with Crippen LogP contribution in [0.2, 0.25) is 0 Å². The third-order valence-electron chi connectivity index (χ3n) is 7.76. The van der Waals surface area contributed by atoms with E-state index in [0.29, 0.717) is 0 Å². The molecular formula is C24H33F7O. The third kappa shape index (κ3) is 5.36. The second kappa shape index (κ2) is 10.1. The number of hydrogen-bond donors (Lipinski definition) is 0. The molecule has 3 aliphatic rings. The molecule has 0 aromatic carbocycles. The average molecular weight is 471 g/mol. The van der Waals surface area contributed by atoms with Gasteiger partial charge in [-0.05, 0) is 74.2 Å². The molecule has 1 atom stereocenters. The molecule has 0 bridgehead atoms. The number of ether oxygens (including phenoxy) is 1. The molecular weight excluding hydrogens is 437 g/mol. The molecule has 2 saturated carbocycles. The molecule has 0 aromatic rings. The van der Waals surface area contributed by atoms with Crippen molar-refractivity contribution in [3.05, 3.63) is 23.8 Å². The van der Waals surface area contributed by atoms with Crippen LogP contribution in [0.5, 0.6) is 0 Å². The van der Waals surface area contributed by atoms with Crippen molar-refractivity contribution in [2.45, 2.75) is 95.2 Å². The van der Waals surface area contributed by atoms with Gasteiger partial charge < -0.3 is 4.74 Å². The Morgan fingerprint density at radius 1 is 0.875 bits per heavy atom. The molecule has 0 heterocycles. The Balaban J connectivity index is 1.49. The molecule has 8 heteroatoms. The predicted molar refractivity (Wildman–Crippen MR) is 109 cm³/mol. The lowest BCUT2D eigenvalue weighted by atomic mass is 9.68. The quantitative estimate of drug-likeness (QED) is 0.326. The van der Waals surface area contributed by atoms with Crippen molar-refractivity contribution in [3.8, 4) is 0 Å². The summed E-state index contributed by atoms with van der Waals surface area (Å²) in [7, 11) is 0. The van der Waals surface area contributed by atoms with Crippen molar-refractivity contribution in [3.63, 3.8) is 0 Å². The standard InChI is InChI=1S/C24H33F7O/c1-2-16-3-5-17(6-4-16)18-7-9-19(10-8-18)20-11-13-21(14-12-20)32-24(30,31)23(28,29)22(26,27)15-25/h11-13,16-19,21H,2-10,14-15H2,1H3. The molecule has 2 fully saturated rings. The van der Waals surface area contributed by atoms with Gasteiger partial charge in [-0.25, -0.2) is 4.39 Å². The Morgan fingerprint density at radius 3 is 1.91 bits per heavy atom. The third-order valence-corrected chi connectivity index (χ3v) is 7.76. The summed E-state index contributed by atoms with van der Waals surface area (Å²) in [6.07, 6.45) is 8.12. The maximum Gasteiger partial charge on any atom is 0.426 e. The van der Waals surface area contributed by atoms with E-state index in [4.69, 9.17) is 0 Å². The van der Waals surface area contributed by atoms with Crippen LogP contribution in [0.4, 0.5) is 30.7 Å². The van der Waals surface area contributed by atoms with E-state index in [1.807, 2.05) is 0 Å². The summed E-state index contributed by atoms with van der Waals surface area (Å²) in [5.41, 5.74) is 0.960. The van der Waals surface area contributed by atoms with Gasteiger partial charge in [0.2, 0.25) is 0 Å². The van der Waals surface area contributed by atoms with Gasteiger partial charge in [0.25, 0.3) is 0 Å². The number of hydrogen-bond acceptors (Lipinski definition) is 1. The van der Waals surface area contributed by atoms with Crippen LogP contribution in [-0.4, -0.2) is 30.7 Å². The number of halogens is 7. The number of rotatable bonds is 8. The lowest BCUT2D eigenvalue weighted by Gasteiger charge is -2.38. The van der Waals surface area contributed by atoms with E-state index in [1.54, 1.807) is 12.2 Å². The zero-order valence-corrected chi connectivity index (χ0v) is 18.5. The summed E-state index contributed by atoms with van der Waals surface area (Å²) in [4.78, 5) is 0. The molecule has 0 aliphatic heterocycles. The first-order valence-corrected chi connectivity index (χ1v) is 11.8. The smallest absolute Gasteiger partial charge is 0.308 e. The fourth-order valence-corrected chi connectivity index (χ4v) is 5.56. The first-order valence-electron chi connectivity index (χ1n) is 11.8. The van der Waals surface area contributed by atoms with Crippen LogP contribution < -0.4 is 0 Å². The highest BCUT2D eigenvalue weighted by Crippen LogP contribution is 2.48. The first kappa shape index (κ1) is 25.6. The molecule has 1 unspecified atom stereocenters. The van der Waals surface area contributed by atoms with Crippen molar-refractivity contribution in [1.29, 1.82) is 0 Å². The van der Waals surface area contributed by atoms with E-state index in [9.17, 15) is 30.7 Å². The van der Waals surface area contributed by atoms with E-state index in [0.717, 1.165) is 49.0 Å². The van der Waals surface area contributed by atoms with Gasteiger partial charge in [-0.15, -0.1) is 0 Å². The highest BCUT2D eigenvalue weighted by atomic mass is 19.4. The fraction of sp³-hybridized carbons (Fsp3) is 0.833. The molecule has 3 rings (SSSR count). The average Bonchev–Trinajstić information content (AvgIpc) is 2.79. The maximum absolute atomic E-state index is 13.7. The molecule has 0 amide bonds. The van der Waals surface area contributed by atoms with Gasteiger partial charge in [0.1, 0.15) is 0 Å². The van der Waals surface area contributed by atoms with Crippen LogP contribution in [0.1, 0.15) is 71.1 Å². The Kier molecular flexibility index (Phi) is 8.04. The van der Waals surface area contributed by atoms with Crippen molar-refractivity contribution in [2.24, 2.45) is 23.7 Å². The summed E-state index contributed by atoms with van der Waals surface area (Å²) in [5, 5.41) is 0. The highest BCUT2D eigenvalue weighted by Gasteiger charge is 2.73. The second-order valence-electron chi connectivity index (χ2n) is 9.69. The van der Waals surface area contributed by atoms with Gasteiger partial charge >= 0.3 is 18.0 Å². The van der Waals surface area contributed by atoms with Crippen molar-refractivity contribution in [1.82, 2.24) is 0 Å². The normalized spacial score (nSPS) is 32.6. The van der Waals surface area contributed by atoms with Gasteiger partial charge in [-0.3, -0.25) is 0 Å². The Labute approximate surface area is 185 Å². The fourth-order valence-electron chi connectivity index (χ4n) is 5.56. The summed E-state index contributed by atoms with van der Waals surface area (Å²) in [6.45, 7) is -0.643. The molecule has 184 valence electrons. The molecule has 0 spiro atoms. The van der Waals surface area contributed by atoms with Crippen molar-refractivity contribution >= 4 is 0 Å². The largest absolute Gasteiger partial charge is 0.426 e. The van der Waals surface area contributed by atoms with Crippen LogP contribution in [-0.2, 0) is 4.74 Å². The van der Waals surface area contributed by atoms with Crippen LogP contribution in [0, 0.1) is 23.7 Å². The summed E-state index contributed by atoms with van der Waals surface area (Å²) in [5.74, 6) is -8.78. The molecule has 0 saturated heterocycles. The van der Waals surface area contributed by atoms with Crippen molar-refractivity contribution in [2.75, 3.05) is 6.67 Å². The van der Waals surface area contributed by atoms with E-state index in [1.165, 1.54) is 38.2 Å². The molecule has 32 heavy (non-hydrogen) atoms. The summed E-state index contributed by atoms with van der Waals surface area (Å²) in [6, 6.07) is 0. The van der Waals surface area contributed by atoms with E-state index in [-0.39, 0.29) is 12.3 Å². The maximum atomic E-state index is 13.7. The van der Waals surface area contributed by atoms with Crippen LogP contribution in [0.3, 0.4) is 0 Å². The van der Waals surface area contributed by atoms with Gasteiger partial charge in [0.05, 0.1) is 6.10 Å². The van der Waals surface area contributed by atoms with Gasteiger partial charge in [0.15, 0.2) is 6.67 Å². The van der Waals surface area contributed by atoms with E-state index in [2.05, 4.69) is 11.7 Å². The minimum atomic E-state index is -5.94. The Bertz CT molecular complexity index is 672. The van der Waals surface area contributed by atoms with Crippen molar-refractivity contribution < 1.29 is 35.5 Å². The zero-order valence-electron chi connectivity index (χ0n) is 18.5. The van der Waals surface area contributed by atoms with Gasteiger partial charge in [0, 0.05) is 0 Å². The summed E-state index contributed by atoms with van der Waals surface area (Å²) < 4.78 is 96.4. The number of alkyl halides is 7. The Hall–Kier alpha value is -1.05. The van der Waals surface area contributed by atoms with E-state index < -0.39 is 30.7 Å². The second-order valence-corrected chi connectivity index (χ2v) is 9.69. The molecule has 0 N–H and O–H groups in total. The Morgan fingerprint density at radius 2 is 1.44 bits per heavy atom.